The molecule has 1 N–H and O–H groups in total. The number of hydrogen-bond donors (Lipinski definition) is 1. The molecule has 0 saturated carbocycles. The fraction of sp³-hybridized carbons (Fsp3) is 0.660. The molecule has 0 rings (SSSR count). The van der Waals surface area contributed by atoms with Gasteiger partial charge < -0.3 is 14.6 Å². The van der Waals surface area contributed by atoms with Gasteiger partial charge in [-0.3, -0.25) is 4.79 Å². The fourth-order valence-electron chi connectivity index (χ4n) is 5.84. The molecule has 0 aromatic carbocycles. The van der Waals surface area contributed by atoms with Crippen molar-refractivity contribution in [3.63, 3.8) is 0 Å². The standard InChI is InChI=1S/C50H84O4/c1-3-5-7-9-11-13-15-17-19-21-23-24-25-26-27-29-31-33-35-37-39-41-43-45-50(52)54-49(47-51)48-53-46-44-42-40-38-36-34-32-30-28-22-20-18-16-14-12-10-8-6-4-2/h5,7,11,13,17,19-20,22-24,26-27,31,33,37,39,49,51H,3-4,6,8-10,12,14-16,18,21,25,28-30,32,34-36,38,40-48H2,1-2H3/b7-5-,13-11-,19-17-,22-20-,24-23-,27-26-,33-31-,39-37-. The molecule has 54 heavy (non-hydrogen) atoms. The third-order valence-corrected chi connectivity index (χ3v) is 9.14. The number of aliphatic hydroxyl groups is 1. The van der Waals surface area contributed by atoms with Gasteiger partial charge >= 0.3 is 5.97 Å². The predicted octanol–water partition coefficient (Wildman–Crippen LogP) is 14.9. The molecule has 4 heteroatoms. The van der Waals surface area contributed by atoms with E-state index in [-0.39, 0.29) is 19.2 Å². The Kier molecular flexibility index (Phi) is 44.1. The van der Waals surface area contributed by atoms with Crippen LogP contribution in [0.2, 0.25) is 0 Å². The molecular weight excluding hydrogens is 665 g/mol. The second kappa shape index (κ2) is 46.5. The Morgan fingerprint density at radius 3 is 1.28 bits per heavy atom. The second-order valence-corrected chi connectivity index (χ2v) is 14.4. The SMILES string of the molecule is CC/C=C\C/C=C\C/C=C\C/C=C\C/C=C\C/C=C\C/C=C\CCCC(=O)OC(CO)COCCCCCCCCCC/C=C\CCCCCCCCC. The van der Waals surface area contributed by atoms with Gasteiger partial charge in [0.15, 0.2) is 0 Å². The summed E-state index contributed by atoms with van der Waals surface area (Å²) in [5.74, 6) is -0.262. The Bertz CT molecular complexity index is 1010. The average Bonchev–Trinajstić information content (AvgIpc) is 3.18. The monoisotopic (exact) mass is 749 g/mol. The summed E-state index contributed by atoms with van der Waals surface area (Å²) in [5.41, 5.74) is 0. The summed E-state index contributed by atoms with van der Waals surface area (Å²) in [6.45, 7) is 5.16. The van der Waals surface area contributed by atoms with E-state index in [9.17, 15) is 9.90 Å². The molecule has 0 aromatic heterocycles. The Balaban J connectivity index is 3.59. The van der Waals surface area contributed by atoms with Crippen molar-refractivity contribution in [2.45, 2.75) is 193 Å². The van der Waals surface area contributed by atoms with Crippen LogP contribution in [-0.2, 0) is 14.3 Å². The molecule has 0 aromatic rings. The van der Waals surface area contributed by atoms with Crippen molar-refractivity contribution in [2.24, 2.45) is 0 Å². The van der Waals surface area contributed by atoms with E-state index in [0.717, 1.165) is 64.2 Å². The first-order valence-electron chi connectivity index (χ1n) is 22.3. The molecular formula is C50H84O4. The number of carbonyl (C=O) groups is 1. The van der Waals surface area contributed by atoms with Crippen LogP contribution in [0.15, 0.2) is 97.2 Å². The van der Waals surface area contributed by atoms with Crippen molar-refractivity contribution in [3.05, 3.63) is 97.2 Å². The van der Waals surface area contributed by atoms with E-state index < -0.39 is 6.10 Å². The molecule has 0 saturated heterocycles. The van der Waals surface area contributed by atoms with Crippen molar-refractivity contribution < 1.29 is 19.4 Å². The first-order chi connectivity index (χ1) is 26.7. The predicted molar refractivity (Wildman–Crippen MR) is 237 cm³/mol. The largest absolute Gasteiger partial charge is 0.457 e. The lowest BCUT2D eigenvalue weighted by Gasteiger charge is -2.15. The zero-order valence-corrected chi connectivity index (χ0v) is 35.2. The number of esters is 1. The third kappa shape index (κ3) is 43.7. The molecule has 0 radical (unpaired) electrons. The van der Waals surface area contributed by atoms with Gasteiger partial charge in [0.2, 0.25) is 0 Å². The molecule has 308 valence electrons. The number of hydrogen-bond acceptors (Lipinski definition) is 4. The lowest BCUT2D eigenvalue weighted by atomic mass is 10.1. The summed E-state index contributed by atoms with van der Waals surface area (Å²) in [6.07, 6.45) is 66.2. The van der Waals surface area contributed by atoms with Gasteiger partial charge in [0.1, 0.15) is 6.10 Å². The number of allylic oxidation sites excluding steroid dienone is 16. The summed E-state index contributed by atoms with van der Waals surface area (Å²) < 4.78 is 11.1. The van der Waals surface area contributed by atoms with Crippen LogP contribution >= 0.6 is 0 Å². The topological polar surface area (TPSA) is 55.8 Å². The molecule has 0 amide bonds. The molecule has 0 fully saturated rings. The van der Waals surface area contributed by atoms with E-state index >= 15 is 0 Å². The maximum absolute atomic E-state index is 12.2. The van der Waals surface area contributed by atoms with Crippen LogP contribution in [0.5, 0.6) is 0 Å². The second-order valence-electron chi connectivity index (χ2n) is 14.4. The van der Waals surface area contributed by atoms with Crippen molar-refractivity contribution in [1.29, 1.82) is 0 Å². The van der Waals surface area contributed by atoms with Gasteiger partial charge in [-0.15, -0.1) is 0 Å². The maximum atomic E-state index is 12.2. The highest BCUT2D eigenvalue weighted by atomic mass is 16.6. The van der Waals surface area contributed by atoms with Gasteiger partial charge in [-0.25, -0.2) is 0 Å². The smallest absolute Gasteiger partial charge is 0.306 e. The molecule has 1 unspecified atom stereocenters. The molecule has 4 nitrogen and oxygen atoms in total. The van der Waals surface area contributed by atoms with Crippen LogP contribution in [0.4, 0.5) is 0 Å². The first-order valence-corrected chi connectivity index (χ1v) is 22.3. The highest BCUT2D eigenvalue weighted by Gasteiger charge is 2.13. The lowest BCUT2D eigenvalue weighted by molar-refractivity contribution is -0.154. The van der Waals surface area contributed by atoms with E-state index in [4.69, 9.17) is 9.47 Å². The van der Waals surface area contributed by atoms with E-state index in [1.54, 1.807) is 0 Å². The van der Waals surface area contributed by atoms with Gasteiger partial charge in [0, 0.05) is 13.0 Å². The van der Waals surface area contributed by atoms with Crippen LogP contribution < -0.4 is 0 Å². The van der Waals surface area contributed by atoms with Crippen LogP contribution in [0.1, 0.15) is 187 Å². The highest BCUT2D eigenvalue weighted by molar-refractivity contribution is 5.69. The summed E-state index contributed by atoms with van der Waals surface area (Å²) >= 11 is 0. The van der Waals surface area contributed by atoms with Gasteiger partial charge in [0.05, 0.1) is 13.2 Å². The Morgan fingerprint density at radius 1 is 0.463 bits per heavy atom. The van der Waals surface area contributed by atoms with E-state index in [2.05, 4.69) is 111 Å². The maximum Gasteiger partial charge on any atom is 0.306 e. The highest BCUT2D eigenvalue weighted by Crippen LogP contribution is 2.12. The van der Waals surface area contributed by atoms with Crippen molar-refractivity contribution in [2.75, 3.05) is 19.8 Å². The molecule has 0 aliphatic carbocycles. The van der Waals surface area contributed by atoms with Crippen molar-refractivity contribution in [1.82, 2.24) is 0 Å². The van der Waals surface area contributed by atoms with Crippen LogP contribution in [-0.4, -0.2) is 37.0 Å². The summed E-state index contributed by atoms with van der Waals surface area (Å²) in [7, 11) is 0. The number of ether oxygens (including phenoxy) is 2. The number of aliphatic hydroxyl groups excluding tert-OH is 1. The van der Waals surface area contributed by atoms with Crippen LogP contribution in [0, 0.1) is 0 Å². The van der Waals surface area contributed by atoms with E-state index in [1.807, 2.05) is 0 Å². The molecule has 0 spiro atoms. The molecule has 0 heterocycles. The zero-order chi connectivity index (χ0) is 39.1. The van der Waals surface area contributed by atoms with Gasteiger partial charge in [0.25, 0.3) is 0 Å². The quantitative estimate of drug-likeness (QED) is 0.0385. The lowest BCUT2D eigenvalue weighted by Crippen LogP contribution is -2.27. The van der Waals surface area contributed by atoms with E-state index in [1.165, 1.54) is 103 Å². The van der Waals surface area contributed by atoms with Crippen LogP contribution in [0.3, 0.4) is 0 Å². The summed E-state index contributed by atoms with van der Waals surface area (Å²) in [6, 6.07) is 0. The number of carbonyl (C=O) groups excluding carboxylic acids is 1. The molecule has 0 aliphatic rings. The van der Waals surface area contributed by atoms with Gasteiger partial charge in [-0.1, -0.05) is 188 Å². The van der Waals surface area contributed by atoms with Crippen molar-refractivity contribution in [3.8, 4) is 0 Å². The van der Waals surface area contributed by atoms with Gasteiger partial charge in [-0.05, 0) is 89.9 Å². The average molecular weight is 749 g/mol. The Morgan fingerprint density at radius 2 is 0.833 bits per heavy atom. The minimum atomic E-state index is -0.573. The summed E-state index contributed by atoms with van der Waals surface area (Å²) in [4.78, 5) is 12.2. The molecule has 1 atom stereocenters. The van der Waals surface area contributed by atoms with Crippen LogP contribution in [0.25, 0.3) is 0 Å². The molecule has 0 aliphatic heterocycles. The molecule has 0 bridgehead atoms. The van der Waals surface area contributed by atoms with Gasteiger partial charge in [-0.2, -0.15) is 0 Å². The minimum absolute atomic E-state index is 0.202. The number of unbranched alkanes of at least 4 members (excludes halogenated alkanes) is 16. The fourth-order valence-corrected chi connectivity index (χ4v) is 5.84. The normalized spacial score (nSPS) is 13.3. The Hall–Kier alpha value is -2.69. The Labute approximate surface area is 334 Å². The zero-order valence-electron chi connectivity index (χ0n) is 35.2. The number of rotatable bonds is 40. The third-order valence-electron chi connectivity index (χ3n) is 9.14. The summed E-state index contributed by atoms with van der Waals surface area (Å²) in [5, 5.41) is 9.61. The van der Waals surface area contributed by atoms with Crippen molar-refractivity contribution >= 4 is 5.97 Å². The van der Waals surface area contributed by atoms with E-state index in [0.29, 0.717) is 13.0 Å². The minimum Gasteiger partial charge on any atom is -0.457 e. The first kappa shape index (κ1) is 51.3.